The first kappa shape index (κ1) is 12.0. The molecule has 1 aromatic heterocycles. The normalized spacial score (nSPS) is 12.7. The molecule has 1 unspecified atom stereocenters. The van der Waals surface area contributed by atoms with E-state index in [9.17, 15) is 5.11 Å². The first-order valence-electron chi connectivity index (χ1n) is 6.53. The number of furan rings is 1. The number of aliphatic hydroxyl groups is 1. The number of aliphatic hydroxyl groups excluding tert-OH is 1. The summed E-state index contributed by atoms with van der Waals surface area (Å²) in [6, 6.07) is 18.0. The van der Waals surface area contributed by atoms with Crippen molar-refractivity contribution in [3.05, 3.63) is 72.2 Å². The average Bonchev–Trinajstić information content (AvgIpc) is 2.97. The molecule has 3 rings (SSSR count). The molecule has 1 N–H and O–H groups in total. The van der Waals surface area contributed by atoms with Gasteiger partial charge in [0.1, 0.15) is 5.76 Å². The number of fused-ring (bicyclic) bond motifs is 1. The van der Waals surface area contributed by atoms with Gasteiger partial charge in [0.25, 0.3) is 0 Å². The van der Waals surface area contributed by atoms with E-state index < -0.39 is 6.10 Å². The molecule has 3 aromatic rings. The van der Waals surface area contributed by atoms with Gasteiger partial charge in [-0.3, -0.25) is 0 Å². The van der Waals surface area contributed by atoms with E-state index >= 15 is 0 Å². The van der Waals surface area contributed by atoms with E-state index in [1.807, 2.05) is 36.4 Å². The highest BCUT2D eigenvalue weighted by Crippen LogP contribution is 2.27. The van der Waals surface area contributed by atoms with Gasteiger partial charge in [-0.2, -0.15) is 0 Å². The fraction of sp³-hybridized carbons (Fsp3) is 0.176. The fourth-order valence-electron chi connectivity index (χ4n) is 2.43. The van der Waals surface area contributed by atoms with Gasteiger partial charge < -0.3 is 9.52 Å². The number of hydrogen-bond acceptors (Lipinski definition) is 2. The van der Waals surface area contributed by atoms with E-state index in [0.29, 0.717) is 6.42 Å². The fourth-order valence-corrected chi connectivity index (χ4v) is 2.43. The van der Waals surface area contributed by atoms with Gasteiger partial charge in [0.05, 0.1) is 12.4 Å². The summed E-state index contributed by atoms with van der Waals surface area (Å²) < 4.78 is 5.30. The molecule has 1 atom stereocenters. The van der Waals surface area contributed by atoms with Crippen LogP contribution in [-0.2, 0) is 6.42 Å². The van der Waals surface area contributed by atoms with E-state index in [-0.39, 0.29) is 0 Å². The lowest BCUT2D eigenvalue weighted by Crippen LogP contribution is -2.00. The zero-order chi connectivity index (χ0) is 13.1. The van der Waals surface area contributed by atoms with Crippen LogP contribution in [0.3, 0.4) is 0 Å². The highest BCUT2D eigenvalue weighted by Gasteiger charge is 2.11. The third kappa shape index (κ3) is 2.54. The minimum Gasteiger partial charge on any atom is -0.469 e. The van der Waals surface area contributed by atoms with Gasteiger partial charge in [0, 0.05) is 6.42 Å². The van der Waals surface area contributed by atoms with Gasteiger partial charge in [-0.25, -0.2) is 0 Å². The predicted octanol–water partition coefficient (Wildman–Crippen LogP) is 4.10. The Hall–Kier alpha value is -2.06. The van der Waals surface area contributed by atoms with E-state index in [1.54, 1.807) is 6.26 Å². The summed E-state index contributed by atoms with van der Waals surface area (Å²) >= 11 is 0. The zero-order valence-electron chi connectivity index (χ0n) is 10.6. The lowest BCUT2D eigenvalue weighted by molar-refractivity contribution is 0.167. The van der Waals surface area contributed by atoms with Crippen LogP contribution in [0.25, 0.3) is 10.8 Å². The van der Waals surface area contributed by atoms with Crippen molar-refractivity contribution in [2.75, 3.05) is 0 Å². The molecular weight excluding hydrogens is 236 g/mol. The quantitative estimate of drug-likeness (QED) is 0.758. The average molecular weight is 252 g/mol. The lowest BCUT2D eigenvalue weighted by Gasteiger charge is -2.13. The molecule has 0 aliphatic rings. The SMILES string of the molecule is OC(CCc1ccco1)c1cccc2ccccc12. The monoisotopic (exact) mass is 252 g/mol. The molecule has 2 nitrogen and oxygen atoms in total. The van der Waals surface area contributed by atoms with E-state index in [1.165, 1.54) is 0 Å². The molecule has 0 radical (unpaired) electrons. The van der Waals surface area contributed by atoms with Gasteiger partial charge in [0.2, 0.25) is 0 Å². The largest absolute Gasteiger partial charge is 0.469 e. The van der Waals surface area contributed by atoms with Gasteiger partial charge in [0.15, 0.2) is 0 Å². The standard InChI is InChI=1S/C17H16O2/c18-17(11-10-14-7-4-12-19-14)16-9-3-6-13-5-1-2-8-15(13)16/h1-9,12,17-18H,10-11H2. The Morgan fingerprint density at radius 2 is 1.79 bits per heavy atom. The molecule has 0 amide bonds. The topological polar surface area (TPSA) is 33.4 Å². The Kier molecular flexibility index (Phi) is 3.34. The predicted molar refractivity (Wildman–Crippen MR) is 75.9 cm³/mol. The second-order valence-electron chi connectivity index (χ2n) is 4.70. The van der Waals surface area contributed by atoms with Gasteiger partial charge in [-0.1, -0.05) is 42.5 Å². The highest BCUT2D eigenvalue weighted by atomic mass is 16.3. The third-order valence-electron chi connectivity index (χ3n) is 3.43. The van der Waals surface area contributed by atoms with Crippen molar-refractivity contribution < 1.29 is 9.52 Å². The van der Waals surface area contributed by atoms with Crippen molar-refractivity contribution in [2.45, 2.75) is 18.9 Å². The minimum atomic E-state index is -0.462. The molecule has 0 aliphatic heterocycles. The molecule has 1 heterocycles. The van der Waals surface area contributed by atoms with E-state index in [0.717, 1.165) is 28.5 Å². The minimum absolute atomic E-state index is 0.462. The lowest BCUT2D eigenvalue weighted by atomic mass is 9.97. The summed E-state index contributed by atoms with van der Waals surface area (Å²) in [4.78, 5) is 0. The first-order chi connectivity index (χ1) is 9.34. The maximum atomic E-state index is 10.4. The maximum Gasteiger partial charge on any atom is 0.103 e. The van der Waals surface area contributed by atoms with Crippen molar-refractivity contribution in [3.8, 4) is 0 Å². The van der Waals surface area contributed by atoms with Crippen LogP contribution >= 0.6 is 0 Å². The van der Waals surface area contributed by atoms with Crippen LogP contribution < -0.4 is 0 Å². The summed E-state index contributed by atoms with van der Waals surface area (Å²) in [6.45, 7) is 0. The van der Waals surface area contributed by atoms with E-state index in [2.05, 4.69) is 18.2 Å². The summed E-state index contributed by atoms with van der Waals surface area (Å²) in [5.41, 5.74) is 0.990. The summed E-state index contributed by atoms with van der Waals surface area (Å²) in [5, 5.41) is 12.7. The second kappa shape index (κ2) is 5.29. The zero-order valence-corrected chi connectivity index (χ0v) is 10.6. The van der Waals surface area contributed by atoms with Crippen molar-refractivity contribution in [2.24, 2.45) is 0 Å². The van der Waals surface area contributed by atoms with Crippen LogP contribution in [0.1, 0.15) is 23.8 Å². The molecule has 2 aromatic carbocycles. The molecule has 19 heavy (non-hydrogen) atoms. The molecule has 2 heteroatoms. The molecule has 0 spiro atoms. The number of hydrogen-bond donors (Lipinski definition) is 1. The molecule has 0 fully saturated rings. The van der Waals surface area contributed by atoms with E-state index in [4.69, 9.17) is 4.42 Å². The first-order valence-corrected chi connectivity index (χ1v) is 6.53. The highest BCUT2D eigenvalue weighted by molar-refractivity contribution is 5.85. The third-order valence-corrected chi connectivity index (χ3v) is 3.43. The molecule has 0 saturated heterocycles. The number of aryl methyl sites for hydroxylation is 1. The van der Waals surface area contributed by atoms with Crippen LogP contribution in [0.4, 0.5) is 0 Å². The van der Waals surface area contributed by atoms with Gasteiger partial charge >= 0.3 is 0 Å². The summed E-state index contributed by atoms with van der Waals surface area (Å²) in [6.07, 6.45) is 2.62. The Morgan fingerprint density at radius 3 is 2.63 bits per heavy atom. The summed E-state index contributed by atoms with van der Waals surface area (Å²) in [7, 11) is 0. The van der Waals surface area contributed by atoms with Crippen LogP contribution in [0.2, 0.25) is 0 Å². The van der Waals surface area contributed by atoms with Crippen LogP contribution in [0.5, 0.6) is 0 Å². The summed E-state index contributed by atoms with van der Waals surface area (Å²) in [5.74, 6) is 0.916. The smallest absolute Gasteiger partial charge is 0.103 e. The number of rotatable bonds is 4. The van der Waals surface area contributed by atoms with Crippen molar-refractivity contribution in [1.82, 2.24) is 0 Å². The molecule has 0 aliphatic carbocycles. The van der Waals surface area contributed by atoms with Crippen molar-refractivity contribution in [3.63, 3.8) is 0 Å². The van der Waals surface area contributed by atoms with Crippen LogP contribution in [0.15, 0.2) is 65.3 Å². The second-order valence-corrected chi connectivity index (χ2v) is 4.70. The Bertz CT molecular complexity index is 651. The Labute approximate surface area is 112 Å². The Morgan fingerprint density at radius 1 is 0.947 bits per heavy atom. The molecule has 0 bridgehead atoms. The molecule has 96 valence electrons. The van der Waals surface area contributed by atoms with Crippen LogP contribution in [0, 0.1) is 0 Å². The van der Waals surface area contributed by atoms with Crippen molar-refractivity contribution >= 4 is 10.8 Å². The van der Waals surface area contributed by atoms with Gasteiger partial charge in [-0.05, 0) is 34.9 Å². The van der Waals surface area contributed by atoms with Crippen molar-refractivity contribution in [1.29, 1.82) is 0 Å². The molecular formula is C17H16O2. The maximum absolute atomic E-state index is 10.4. The van der Waals surface area contributed by atoms with Gasteiger partial charge in [-0.15, -0.1) is 0 Å². The molecule has 0 saturated carbocycles. The van der Waals surface area contributed by atoms with Crippen LogP contribution in [-0.4, -0.2) is 5.11 Å². The Balaban J connectivity index is 1.83. The number of benzene rings is 2.